The molecule has 0 radical (unpaired) electrons. The molecule has 0 fully saturated rings. The Labute approximate surface area is 73.7 Å². The second kappa shape index (κ2) is 7.10. The molecule has 0 spiro atoms. The van der Waals surface area contributed by atoms with E-state index in [-0.39, 0.29) is 25.1 Å². The molecule has 0 aliphatic carbocycles. The Balaban J connectivity index is 3.40. The minimum Gasteiger partial charge on any atom is -0.463 e. The zero-order valence-electron chi connectivity index (χ0n) is 7.88. The monoisotopic (exact) mass is 174 g/mol. The Morgan fingerprint density at radius 3 is 2.75 bits per heavy atom. The van der Waals surface area contributed by atoms with Gasteiger partial charge in [-0.1, -0.05) is 19.8 Å². The molecule has 1 atom stereocenters. The van der Waals surface area contributed by atoms with Crippen LogP contribution >= 0.6 is 0 Å². The SMILES string of the molecule is CCCCC(C)OC(=O)CCO. The van der Waals surface area contributed by atoms with Crippen LogP contribution in [0.4, 0.5) is 0 Å². The summed E-state index contributed by atoms with van der Waals surface area (Å²) < 4.78 is 4.99. The summed E-state index contributed by atoms with van der Waals surface area (Å²) in [6.07, 6.45) is 3.20. The number of unbranched alkanes of at least 4 members (excludes halogenated alkanes) is 1. The van der Waals surface area contributed by atoms with Crippen molar-refractivity contribution < 1.29 is 14.6 Å². The number of esters is 1. The first-order chi connectivity index (χ1) is 5.70. The lowest BCUT2D eigenvalue weighted by atomic mass is 10.2. The molecule has 0 aromatic carbocycles. The molecule has 0 aliphatic rings. The maximum atomic E-state index is 10.8. The first-order valence-corrected chi connectivity index (χ1v) is 4.51. The van der Waals surface area contributed by atoms with E-state index in [1.807, 2.05) is 6.92 Å². The highest BCUT2D eigenvalue weighted by Gasteiger charge is 2.07. The quantitative estimate of drug-likeness (QED) is 0.620. The van der Waals surface area contributed by atoms with Gasteiger partial charge in [0.2, 0.25) is 0 Å². The van der Waals surface area contributed by atoms with Crippen LogP contribution in [0, 0.1) is 0 Å². The Hall–Kier alpha value is -0.570. The topological polar surface area (TPSA) is 46.5 Å². The molecule has 0 heterocycles. The fraction of sp³-hybridized carbons (Fsp3) is 0.889. The van der Waals surface area contributed by atoms with Gasteiger partial charge in [0.15, 0.2) is 0 Å². The molecule has 72 valence electrons. The van der Waals surface area contributed by atoms with Crippen molar-refractivity contribution in [2.75, 3.05) is 6.61 Å². The number of carbonyl (C=O) groups is 1. The van der Waals surface area contributed by atoms with Crippen LogP contribution in [0.15, 0.2) is 0 Å². The summed E-state index contributed by atoms with van der Waals surface area (Å²) >= 11 is 0. The standard InChI is InChI=1S/C9H18O3/c1-3-4-5-8(2)12-9(11)6-7-10/h8,10H,3-7H2,1-2H3. The van der Waals surface area contributed by atoms with Gasteiger partial charge in [0.25, 0.3) is 0 Å². The minimum absolute atomic E-state index is 0.0102. The normalized spacial score (nSPS) is 12.6. The van der Waals surface area contributed by atoms with Crippen LogP contribution in [0.5, 0.6) is 0 Å². The van der Waals surface area contributed by atoms with Gasteiger partial charge < -0.3 is 9.84 Å². The van der Waals surface area contributed by atoms with E-state index in [9.17, 15) is 4.79 Å². The Morgan fingerprint density at radius 2 is 2.25 bits per heavy atom. The van der Waals surface area contributed by atoms with Crippen molar-refractivity contribution in [3.8, 4) is 0 Å². The zero-order chi connectivity index (χ0) is 9.40. The van der Waals surface area contributed by atoms with E-state index >= 15 is 0 Å². The first kappa shape index (κ1) is 11.4. The van der Waals surface area contributed by atoms with Gasteiger partial charge in [-0.2, -0.15) is 0 Å². The minimum atomic E-state index is -0.305. The molecule has 3 nitrogen and oxygen atoms in total. The molecule has 1 unspecified atom stereocenters. The number of ether oxygens (including phenoxy) is 1. The van der Waals surface area contributed by atoms with Crippen molar-refractivity contribution >= 4 is 5.97 Å². The number of hydrogen-bond donors (Lipinski definition) is 1. The summed E-state index contributed by atoms with van der Waals surface area (Å²) in [5.41, 5.74) is 0. The molecule has 0 aliphatic heterocycles. The number of hydrogen-bond acceptors (Lipinski definition) is 3. The maximum absolute atomic E-state index is 10.8. The largest absolute Gasteiger partial charge is 0.463 e. The third-order valence-corrected chi connectivity index (χ3v) is 1.61. The predicted octanol–water partition coefficient (Wildman–Crippen LogP) is 1.49. The Morgan fingerprint density at radius 1 is 1.58 bits per heavy atom. The van der Waals surface area contributed by atoms with Crippen molar-refractivity contribution in [1.82, 2.24) is 0 Å². The summed E-state index contributed by atoms with van der Waals surface area (Å²) in [7, 11) is 0. The first-order valence-electron chi connectivity index (χ1n) is 4.51. The molecule has 0 bridgehead atoms. The third-order valence-electron chi connectivity index (χ3n) is 1.61. The van der Waals surface area contributed by atoms with Gasteiger partial charge in [-0.25, -0.2) is 0 Å². The lowest BCUT2D eigenvalue weighted by Gasteiger charge is -2.11. The Kier molecular flexibility index (Phi) is 6.76. The molecule has 0 aromatic heterocycles. The molecule has 3 heteroatoms. The molecule has 1 N–H and O–H groups in total. The van der Waals surface area contributed by atoms with Crippen molar-refractivity contribution in [3.63, 3.8) is 0 Å². The van der Waals surface area contributed by atoms with Gasteiger partial charge in [0.05, 0.1) is 19.1 Å². The van der Waals surface area contributed by atoms with Crippen LogP contribution in [-0.2, 0) is 9.53 Å². The lowest BCUT2D eigenvalue weighted by Crippen LogP contribution is -2.15. The summed E-state index contributed by atoms with van der Waals surface area (Å²) in [5, 5.41) is 8.42. The lowest BCUT2D eigenvalue weighted by molar-refractivity contribution is -0.149. The molecule has 0 amide bonds. The van der Waals surface area contributed by atoms with E-state index < -0.39 is 0 Å². The van der Waals surface area contributed by atoms with Crippen molar-refractivity contribution in [3.05, 3.63) is 0 Å². The van der Waals surface area contributed by atoms with Gasteiger partial charge in [0.1, 0.15) is 0 Å². The van der Waals surface area contributed by atoms with Crippen LogP contribution in [0.3, 0.4) is 0 Å². The average Bonchev–Trinajstić information content (AvgIpc) is 2.01. The molecule has 0 saturated carbocycles. The van der Waals surface area contributed by atoms with Crippen LogP contribution in [0.1, 0.15) is 39.5 Å². The smallest absolute Gasteiger partial charge is 0.308 e. The van der Waals surface area contributed by atoms with E-state index in [0.717, 1.165) is 19.3 Å². The highest BCUT2D eigenvalue weighted by molar-refractivity contribution is 5.69. The highest BCUT2D eigenvalue weighted by Crippen LogP contribution is 2.04. The van der Waals surface area contributed by atoms with Gasteiger partial charge in [0, 0.05) is 0 Å². The summed E-state index contributed by atoms with van der Waals surface area (Å²) in [6, 6.07) is 0. The van der Waals surface area contributed by atoms with E-state index in [4.69, 9.17) is 9.84 Å². The van der Waals surface area contributed by atoms with Crippen LogP contribution < -0.4 is 0 Å². The van der Waals surface area contributed by atoms with Gasteiger partial charge in [-0.3, -0.25) is 4.79 Å². The third kappa shape index (κ3) is 6.16. The predicted molar refractivity (Wildman–Crippen MR) is 46.8 cm³/mol. The van der Waals surface area contributed by atoms with Crippen molar-refractivity contribution in [2.24, 2.45) is 0 Å². The highest BCUT2D eigenvalue weighted by atomic mass is 16.5. The molecule has 0 rings (SSSR count). The molecular formula is C9H18O3. The van der Waals surface area contributed by atoms with E-state index in [2.05, 4.69) is 6.92 Å². The number of aliphatic hydroxyl groups excluding tert-OH is 1. The number of rotatable bonds is 6. The van der Waals surface area contributed by atoms with E-state index in [1.165, 1.54) is 0 Å². The van der Waals surface area contributed by atoms with Gasteiger partial charge >= 0.3 is 5.97 Å². The Bertz CT molecular complexity index is 123. The summed E-state index contributed by atoms with van der Waals surface area (Å²) in [5.74, 6) is -0.305. The summed E-state index contributed by atoms with van der Waals surface area (Å²) in [4.78, 5) is 10.8. The van der Waals surface area contributed by atoms with Crippen LogP contribution in [0.2, 0.25) is 0 Å². The van der Waals surface area contributed by atoms with Gasteiger partial charge in [-0.15, -0.1) is 0 Å². The second-order valence-electron chi connectivity index (χ2n) is 2.92. The van der Waals surface area contributed by atoms with Crippen molar-refractivity contribution in [2.45, 2.75) is 45.6 Å². The maximum Gasteiger partial charge on any atom is 0.308 e. The fourth-order valence-corrected chi connectivity index (χ4v) is 0.925. The zero-order valence-corrected chi connectivity index (χ0v) is 7.88. The van der Waals surface area contributed by atoms with Gasteiger partial charge in [-0.05, 0) is 13.3 Å². The summed E-state index contributed by atoms with van der Waals surface area (Å²) in [6.45, 7) is 3.85. The van der Waals surface area contributed by atoms with Crippen LogP contribution in [-0.4, -0.2) is 23.8 Å². The average molecular weight is 174 g/mol. The van der Waals surface area contributed by atoms with E-state index in [0.29, 0.717) is 0 Å². The molecule has 12 heavy (non-hydrogen) atoms. The van der Waals surface area contributed by atoms with Crippen LogP contribution in [0.25, 0.3) is 0 Å². The molecular weight excluding hydrogens is 156 g/mol. The number of carbonyl (C=O) groups excluding carboxylic acids is 1. The van der Waals surface area contributed by atoms with E-state index in [1.54, 1.807) is 0 Å². The second-order valence-corrected chi connectivity index (χ2v) is 2.92. The molecule has 0 aromatic rings. The van der Waals surface area contributed by atoms with Crippen molar-refractivity contribution in [1.29, 1.82) is 0 Å². The number of aliphatic hydroxyl groups is 1. The molecule has 0 saturated heterocycles. The fourth-order valence-electron chi connectivity index (χ4n) is 0.925.